The SMILES string of the molecule is CN=C(NCCc1coc(-c2ccc(C)cc2)n1)NC1CCN(c2ncccc2Cl)C1.I. The van der Waals surface area contributed by atoms with Gasteiger partial charge in [0.25, 0.3) is 0 Å². The standard InChI is InChI=1S/C23H27ClN6O.HI/c1-16-5-7-17(8-6-16)22-28-19(15-31-22)9-12-27-23(25-2)29-18-10-13-30(14-18)21-20(24)4-3-11-26-21;/h3-8,11,15,18H,9-10,12-14H2,1-2H3,(H2,25,27,29);1H. The van der Waals surface area contributed by atoms with Crippen molar-refractivity contribution in [1.82, 2.24) is 20.6 Å². The molecule has 1 fully saturated rings. The lowest BCUT2D eigenvalue weighted by Crippen LogP contribution is -2.45. The number of aromatic nitrogens is 2. The van der Waals surface area contributed by atoms with Crippen molar-refractivity contribution < 1.29 is 4.42 Å². The third kappa shape index (κ3) is 6.13. The van der Waals surface area contributed by atoms with E-state index in [1.54, 1.807) is 19.5 Å². The van der Waals surface area contributed by atoms with Gasteiger partial charge in [0.2, 0.25) is 5.89 Å². The third-order valence-electron chi connectivity index (χ3n) is 5.32. The number of anilines is 1. The molecule has 170 valence electrons. The largest absolute Gasteiger partial charge is 0.444 e. The van der Waals surface area contributed by atoms with E-state index in [2.05, 4.69) is 49.6 Å². The van der Waals surface area contributed by atoms with Gasteiger partial charge in [-0.2, -0.15) is 0 Å². The van der Waals surface area contributed by atoms with Crippen LogP contribution in [0.25, 0.3) is 11.5 Å². The van der Waals surface area contributed by atoms with Crippen molar-refractivity contribution in [2.45, 2.75) is 25.8 Å². The summed E-state index contributed by atoms with van der Waals surface area (Å²) in [7, 11) is 1.78. The van der Waals surface area contributed by atoms with Gasteiger partial charge < -0.3 is 20.0 Å². The summed E-state index contributed by atoms with van der Waals surface area (Å²) in [6.07, 6.45) is 5.24. The first-order valence-corrected chi connectivity index (χ1v) is 10.8. The highest BCUT2D eigenvalue weighted by Gasteiger charge is 2.25. The Hall–Kier alpha value is -2.33. The summed E-state index contributed by atoms with van der Waals surface area (Å²) in [6, 6.07) is 12.2. The van der Waals surface area contributed by atoms with E-state index < -0.39 is 0 Å². The maximum atomic E-state index is 6.29. The Bertz CT molecular complexity index is 1040. The molecule has 3 heterocycles. The minimum absolute atomic E-state index is 0. The molecule has 1 atom stereocenters. The maximum absolute atomic E-state index is 6.29. The summed E-state index contributed by atoms with van der Waals surface area (Å²) >= 11 is 6.29. The van der Waals surface area contributed by atoms with Gasteiger partial charge in [0.05, 0.1) is 10.7 Å². The topological polar surface area (TPSA) is 78.6 Å². The van der Waals surface area contributed by atoms with Gasteiger partial charge in [0, 0.05) is 50.9 Å². The highest BCUT2D eigenvalue weighted by atomic mass is 127. The number of guanidine groups is 1. The third-order valence-corrected chi connectivity index (χ3v) is 5.61. The minimum Gasteiger partial charge on any atom is -0.444 e. The normalized spacial score (nSPS) is 16.0. The molecule has 0 amide bonds. The molecule has 1 aliphatic heterocycles. The second kappa shape index (κ2) is 11.5. The molecule has 0 radical (unpaired) electrons. The number of nitrogens with one attached hydrogen (secondary N) is 2. The molecule has 0 spiro atoms. The first-order chi connectivity index (χ1) is 15.1. The van der Waals surface area contributed by atoms with Crippen molar-refractivity contribution >= 4 is 47.4 Å². The van der Waals surface area contributed by atoms with Crippen molar-refractivity contribution in [2.75, 3.05) is 31.6 Å². The molecule has 0 saturated carbocycles. The van der Waals surface area contributed by atoms with Crippen molar-refractivity contribution in [1.29, 1.82) is 0 Å². The van der Waals surface area contributed by atoms with Crippen LogP contribution < -0.4 is 15.5 Å². The Morgan fingerprint density at radius 2 is 2.09 bits per heavy atom. The molecule has 4 rings (SSSR count). The van der Waals surface area contributed by atoms with Gasteiger partial charge >= 0.3 is 0 Å². The molecule has 0 aliphatic carbocycles. The molecule has 3 aromatic rings. The smallest absolute Gasteiger partial charge is 0.226 e. The lowest BCUT2D eigenvalue weighted by Gasteiger charge is -2.20. The lowest BCUT2D eigenvalue weighted by molar-refractivity contribution is 0.572. The average molecular weight is 567 g/mol. The van der Waals surface area contributed by atoms with Crippen LogP contribution in [-0.4, -0.2) is 48.7 Å². The number of oxazole rings is 1. The van der Waals surface area contributed by atoms with E-state index >= 15 is 0 Å². The van der Waals surface area contributed by atoms with Crippen LogP contribution in [0.5, 0.6) is 0 Å². The Balaban J connectivity index is 0.00000289. The van der Waals surface area contributed by atoms with Crippen molar-refractivity contribution in [3.8, 4) is 11.5 Å². The fraction of sp³-hybridized carbons (Fsp3) is 0.348. The molecule has 0 bridgehead atoms. The zero-order valence-electron chi connectivity index (χ0n) is 18.2. The predicted octanol–water partition coefficient (Wildman–Crippen LogP) is 4.30. The summed E-state index contributed by atoms with van der Waals surface area (Å²) in [6.45, 7) is 4.52. The fourth-order valence-electron chi connectivity index (χ4n) is 3.63. The zero-order valence-corrected chi connectivity index (χ0v) is 21.3. The van der Waals surface area contributed by atoms with Gasteiger partial charge in [-0.25, -0.2) is 9.97 Å². The average Bonchev–Trinajstić information content (AvgIpc) is 3.44. The Labute approximate surface area is 210 Å². The van der Waals surface area contributed by atoms with Crippen LogP contribution in [0.2, 0.25) is 5.02 Å². The predicted molar refractivity (Wildman–Crippen MR) is 140 cm³/mol. The van der Waals surface area contributed by atoms with Gasteiger partial charge in [-0.1, -0.05) is 29.3 Å². The maximum Gasteiger partial charge on any atom is 0.226 e. The Morgan fingerprint density at radius 1 is 1.28 bits per heavy atom. The molecule has 2 aromatic heterocycles. The van der Waals surface area contributed by atoms with E-state index in [4.69, 9.17) is 16.0 Å². The Kier molecular flexibility index (Phi) is 8.75. The monoisotopic (exact) mass is 566 g/mol. The van der Waals surface area contributed by atoms with E-state index in [1.807, 2.05) is 24.3 Å². The van der Waals surface area contributed by atoms with Crippen LogP contribution >= 0.6 is 35.6 Å². The molecule has 1 saturated heterocycles. The zero-order chi connectivity index (χ0) is 21.6. The first-order valence-electron chi connectivity index (χ1n) is 10.5. The number of aryl methyl sites for hydroxylation is 1. The number of nitrogens with zero attached hydrogens (tertiary/aromatic N) is 4. The molecule has 2 N–H and O–H groups in total. The van der Waals surface area contributed by atoms with Crippen molar-refractivity contribution in [3.05, 3.63) is 65.1 Å². The van der Waals surface area contributed by atoms with Crippen LogP contribution in [0.4, 0.5) is 5.82 Å². The summed E-state index contributed by atoms with van der Waals surface area (Å²) in [5.41, 5.74) is 3.11. The van der Waals surface area contributed by atoms with Crippen molar-refractivity contribution in [3.63, 3.8) is 0 Å². The molecule has 7 nitrogen and oxygen atoms in total. The number of pyridine rings is 1. The van der Waals surface area contributed by atoms with Crippen LogP contribution in [0.15, 0.2) is 58.3 Å². The molecule has 1 aliphatic rings. The number of aliphatic imine (C=N–C) groups is 1. The van der Waals surface area contributed by atoms with E-state index in [0.29, 0.717) is 17.5 Å². The number of benzene rings is 1. The molecule has 1 aromatic carbocycles. The number of hydrogen-bond acceptors (Lipinski definition) is 5. The van der Waals surface area contributed by atoms with Crippen molar-refractivity contribution in [2.24, 2.45) is 4.99 Å². The molecule has 9 heteroatoms. The van der Waals surface area contributed by atoms with Gasteiger partial charge in [0.1, 0.15) is 12.1 Å². The molecular weight excluding hydrogens is 539 g/mol. The van der Waals surface area contributed by atoms with Gasteiger partial charge in [-0.15, -0.1) is 24.0 Å². The summed E-state index contributed by atoms with van der Waals surface area (Å²) in [5, 5.41) is 7.54. The quantitative estimate of drug-likeness (QED) is 0.263. The lowest BCUT2D eigenvalue weighted by atomic mass is 10.1. The van der Waals surface area contributed by atoms with Crippen LogP contribution in [0.3, 0.4) is 0 Å². The van der Waals surface area contributed by atoms with E-state index in [9.17, 15) is 0 Å². The number of rotatable bonds is 6. The van der Waals surface area contributed by atoms with E-state index in [0.717, 1.165) is 49.0 Å². The van der Waals surface area contributed by atoms with Gasteiger partial charge in [-0.05, 0) is 37.6 Å². The summed E-state index contributed by atoms with van der Waals surface area (Å²) in [4.78, 5) is 15.6. The second-order valence-corrected chi connectivity index (χ2v) is 8.05. The van der Waals surface area contributed by atoms with Crippen LogP contribution in [0.1, 0.15) is 17.7 Å². The van der Waals surface area contributed by atoms with Crippen LogP contribution in [-0.2, 0) is 6.42 Å². The summed E-state index contributed by atoms with van der Waals surface area (Å²) < 4.78 is 5.64. The number of halogens is 2. The molecular formula is C23H28ClIN6O. The first kappa shape index (κ1) is 24.3. The van der Waals surface area contributed by atoms with Gasteiger partial charge in [-0.3, -0.25) is 4.99 Å². The fourth-order valence-corrected chi connectivity index (χ4v) is 3.87. The second-order valence-electron chi connectivity index (χ2n) is 7.64. The Morgan fingerprint density at radius 3 is 2.84 bits per heavy atom. The van der Waals surface area contributed by atoms with E-state index in [1.165, 1.54) is 5.56 Å². The highest BCUT2D eigenvalue weighted by Crippen LogP contribution is 2.25. The molecule has 32 heavy (non-hydrogen) atoms. The minimum atomic E-state index is 0. The van der Waals surface area contributed by atoms with Crippen LogP contribution in [0, 0.1) is 6.92 Å². The van der Waals surface area contributed by atoms with E-state index in [-0.39, 0.29) is 30.0 Å². The summed E-state index contributed by atoms with van der Waals surface area (Å²) in [5.74, 6) is 2.27. The highest BCUT2D eigenvalue weighted by molar-refractivity contribution is 14.0. The number of hydrogen-bond donors (Lipinski definition) is 2. The van der Waals surface area contributed by atoms with Gasteiger partial charge in [0.15, 0.2) is 5.96 Å². The molecule has 1 unspecified atom stereocenters.